The quantitative estimate of drug-likeness (QED) is 0.436. The highest BCUT2D eigenvalue weighted by Gasteiger charge is 2.20. The SMILES string of the molecule is O=C(NCc1ccccc1)c1cnc(NCCCn2ccnc2)nc1NC1CCCC1. The van der Waals surface area contributed by atoms with Gasteiger partial charge in [-0.3, -0.25) is 4.79 Å². The first-order chi connectivity index (χ1) is 15.3. The van der Waals surface area contributed by atoms with Gasteiger partial charge in [0.05, 0.1) is 6.33 Å². The van der Waals surface area contributed by atoms with E-state index in [1.165, 1.54) is 12.8 Å². The lowest BCUT2D eigenvalue weighted by Crippen LogP contribution is -2.26. The van der Waals surface area contributed by atoms with Gasteiger partial charge in [-0.2, -0.15) is 4.98 Å². The van der Waals surface area contributed by atoms with Crippen molar-refractivity contribution in [1.82, 2.24) is 24.8 Å². The fourth-order valence-corrected chi connectivity index (χ4v) is 3.76. The van der Waals surface area contributed by atoms with Gasteiger partial charge in [0.1, 0.15) is 11.4 Å². The topological polar surface area (TPSA) is 96.8 Å². The standard InChI is InChI=1S/C23H29N7O/c31-22(26-15-18-7-2-1-3-8-18)20-16-27-23(25-11-6-13-30-14-12-24-17-30)29-21(20)28-19-9-4-5-10-19/h1-3,7-8,12,14,16-17,19H,4-6,9-11,13,15H2,(H,26,31)(H2,25,27,28,29). The van der Waals surface area contributed by atoms with Crippen LogP contribution in [-0.4, -0.2) is 38.0 Å². The Morgan fingerprint density at radius 1 is 1.16 bits per heavy atom. The Balaban J connectivity index is 1.39. The van der Waals surface area contributed by atoms with Crippen LogP contribution in [0, 0.1) is 0 Å². The number of rotatable bonds is 10. The van der Waals surface area contributed by atoms with Crippen LogP contribution in [0.2, 0.25) is 0 Å². The molecule has 8 heteroatoms. The maximum Gasteiger partial charge on any atom is 0.256 e. The average molecular weight is 420 g/mol. The van der Waals surface area contributed by atoms with Gasteiger partial charge in [0.15, 0.2) is 0 Å². The van der Waals surface area contributed by atoms with Gasteiger partial charge in [0, 0.05) is 44.3 Å². The number of nitrogens with zero attached hydrogens (tertiary/aromatic N) is 4. The molecule has 0 spiro atoms. The Morgan fingerprint density at radius 3 is 2.77 bits per heavy atom. The minimum absolute atomic E-state index is 0.170. The molecule has 2 heterocycles. The van der Waals surface area contributed by atoms with Gasteiger partial charge in [-0.05, 0) is 24.8 Å². The van der Waals surface area contributed by atoms with Crippen molar-refractivity contribution in [2.24, 2.45) is 0 Å². The first-order valence-electron chi connectivity index (χ1n) is 10.9. The fraction of sp³-hybridized carbons (Fsp3) is 0.391. The number of anilines is 2. The van der Waals surface area contributed by atoms with E-state index in [4.69, 9.17) is 0 Å². The molecule has 1 fully saturated rings. The first-order valence-corrected chi connectivity index (χ1v) is 10.9. The van der Waals surface area contributed by atoms with Crippen LogP contribution in [0.3, 0.4) is 0 Å². The number of amides is 1. The number of imidazole rings is 1. The Morgan fingerprint density at radius 2 is 2.00 bits per heavy atom. The molecule has 0 unspecified atom stereocenters. The number of hydrogen-bond acceptors (Lipinski definition) is 6. The van der Waals surface area contributed by atoms with Crippen LogP contribution in [0.15, 0.2) is 55.2 Å². The van der Waals surface area contributed by atoms with Gasteiger partial charge in [0.25, 0.3) is 5.91 Å². The molecule has 3 N–H and O–H groups in total. The van der Waals surface area contributed by atoms with E-state index in [9.17, 15) is 4.79 Å². The molecule has 1 aliphatic rings. The van der Waals surface area contributed by atoms with E-state index in [1.807, 2.05) is 47.4 Å². The number of aromatic nitrogens is 4. The Hall–Kier alpha value is -3.42. The lowest BCUT2D eigenvalue weighted by molar-refractivity contribution is 0.0951. The molecule has 0 bridgehead atoms. The molecule has 8 nitrogen and oxygen atoms in total. The Kier molecular flexibility index (Phi) is 7.10. The lowest BCUT2D eigenvalue weighted by atomic mass is 10.2. The van der Waals surface area contributed by atoms with Crippen LogP contribution < -0.4 is 16.0 Å². The van der Waals surface area contributed by atoms with Crippen LogP contribution in [-0.2, 0) is 13.1 Å². The zero-order valence-corrected chi connectivity index (χ0v) is 17.6. The number of nitrogens with one attached hydrogen (secondary N) is 3. The highest BCUT2D eigenvalue weighted by Crippen LogP contribution is 2.24. The molecule has 1 saturated carbocycles. The molecule has 1 aromatic carbocycles. The van der Waals surface area contributed by atoms with Crippen molar-refractivity contribution in [3.8, 4) is 0 Å². The van der Waals surface area contributed by atoms with E-state index in [0.717, 1.165) is 37.9 Å². The normalized spacial score (nSPS) is 13.8. The second kappa shape index (κ2) is 10.6. The summed E-state index contributed by atoms with van der Waals surface area (Å²) in [6, 6.07) is 10.2. The summed E-state index contributed by atoms with van der Waals surface area (Å²) >= 11 is 0. The van der Waals surface area contributed by atoms with Crippen LogP contribution in [0.5, 0.6) is 0 Å². The molecule has 3 aromatic rings. The molecule has 1 amide bonds. The second-order valence-electron chi connectivity index (χ2n) is 7.83. The van der Waals surface area contributed by atoms with Gasteiger partial charge in [-0.25, -0.2) is 9.97 Å². The summed E-state index contributed by atoms with van der Waals surface area (Å²) in [7, 11) is 0. The van der Waals surface area contributed by atoms with Gasteiger partial charge >= 0.3 is 0 Å². The van der Waals surface area contributed by atoms with Gasteiger partial charge < -0.3 is 20.5 Å². The fourth-order valence-electron chi connectivity index (χ4n) is 3.76. The number of benzene rings is 1. The predicted molar refractivity (Wildman–Crippen MR) is 121 cm³/mol. The number of carbonyl (C=O) groups excluding carboxylic acids is 1. The van der Waals surface area contributed by atoms with Crippen LogP contribution >= 0.6 is 0 Å². The van der Waals surface area contributed by atoms with Crippen molar-refractivity contribution in [1.29, 1.82) is 0 Å². The van der Waals surface area contributed by atoms with Crippen LogP contribution in [0.25, 0.3) is 0 Å². The van der Waals surface area contributed by atoms with Crippen LogP contribution in [0.1, 0.15) is 48.0 Å². The van der Waals surface area contributed by atoms with E-state index in [0.29, 0.717) is 29.9 Å². The lowest BCUT2D eigenvalue weighted by Gasteiger charge is -2.17. The third-order valence-corrected chi connectivity index (χ3v) is 5.46. The number of aryl methyl sites for hydroxylation is 1. The van der Waals surface area contributed by atoms with Gasteiger partial charge in [0.2, 0.25) is 5.95 Å². The molecule has 162 valence electrons. The average Bonchev–Trinajstić information content (AvgIpc) is 3.50. The molecule has 2 aromatic heterocycles. The third kappa shape index (κ3) is 6.04. The highest BCUT2D eigenvalue weighted by atomic mass is 16.1. The third-order valence-electron chi connectivity index (χ3n) is 5.46. The smallest absolute Gasteiger partial charge is 0.256 e. The van der Waals surface area contributed by atoms with Gasteiger partial charge in [-0.1, -0.05) is 43.2 Å². The van der Waals surface area contributed by atoms with Crippen molar-refractivity contribution in [2.45, 2.75) is 51.2 Å². The number of hydrogen-bond donors (Lipinski definition) is 3. The molecule has 0 saturated heterocycles. The molecule has 0 atom stereocenters. The molecule has 4 rings (SSSR count). The summed E-state index contributed by atoms with van der Waals surface area (Å²) in [4.78, 5) is 25.9. The molecule has 0 aliphatic heterocycles. The van der Waals surface area contributed by atoms with Crippen LogP contribution in [0.4, 0.5) is 11.8 Å². The van der Waals surface area contributed by atoms with E-state index in [-0.39, 0.29) is 5.91 Å². The van der Waals surface area contributed by atoms with Crippen molar-refractivity contribution in [3.63, 3.8) is 0 Å². The first kappa shape index (κ1) is 20.8. The van der Waals surface area contributed by atoms with E-state index < -0.39 is 0 Å². The molecular formula is C23H29N7O. The van der Waals surface area contributed by atoms with Crippen molar-refractivity contribution < 1.29 is 4.79 Å². The summed E-state index contributed by atoms with van der Waals surface area (Å²) in [5.41, 5.74) is 1.53. The summed E-state index contributed by atoms with van der Waals surface area (Å²) in [5, 5.41) is 9.73. The van der Waals surface area contributed by atoms with Crippen molar-refractivity contribution >= 4 is 17.7 Å². The van der Waals surface area contributed by atoms with E-state index >= 15 is 0 Å². The summed E-state index contributed by atoms with van der Waals surface area (Å²) < 4.78 is 2.04. The minimum atomic E-state index is -0.170. The van der Waals surface area contributed by atoms with Crippen molar-refractivity contribution in [3.05, 3.63) is 66.4 Å². The molecule has 1 aliphatic carbocycles. The maximum atomic E-state index is 12.9. The summed E-state index contributed by atoms with van der Waals surface area (Å²) in [6.45, 7) is 2.08. The Bertz CT molecular complexity index is 953. The van der Waals surface area contributed by atoms with Crippen molar-refractivity contribution in [2.75, 3.05) is 17.2 Å². The summed E-state index contributed by atoms with van der Waals surface area (Å²) in [6.07, 6.45) is 12.7. The second-order valence-corrected chi connectivity index (χ2v) is 7.83. The largest absolute Gasteiger partial charge is 0.367 e. The molecular weight excluding hydrogens is 390 g/mol. The zero-order valence-electron chi connectivity index (χ0n) is 17.6. The monoisotopic (exact) mass is 419 g/mol. The molecule has 31 heavy (non-hydrogen) atoms. The highest BCUT2D eigenvalue weighted by molar-refractivity contribution is 5.98. The zero-order chi connectivity index (χ0) is 21.3. The minimum Gasteiger partial charge on any atom is -0.367 e. The number of carbonyl (C=O) groups is 1. The van der Waals surface area contributed by atoms with E-state index in [1.54, 1.807) is 12.4 Å². The predicted octanol–water partition coefficient (Wildman–Crippen LogP) is 3.46. The Labute approximate surface area is 182 Å². The van der Waals surface area contributed by atoms with Gasteiger partial charge in [-0.15, -0.1) is 0 Å². The summed E-state index contributed by atoms with van der Waals surface area (Å²) in [5.74, 6) is 0.964. The molecule has 0 radical (unpaired) electrons. The maximum absolute atomic E-state index is 12.9. The van der Waals surface area contributed by atoms with E-state index in [2.05, 4.69) is 30.9 Å².